The Kier molecular flexibility index (Phi) is 7.16. The Morgan fingerprint density at radius 1 is 0.647 bits per heavy atom. The number of hydrogen-bond acceptors (Lipinski definition) is 0. The van der Waals surface area contributed by atoms with Crippen molar-refractivity contribution in [1.29, 1.82) is 0 Å². The summed E-state index contributed by atoms with van der Waals surface area (Å²) in [7, 11) is 0. The van der Waals surface area contributed by atoms with Crippen LogP contribution in [-0.4, -0.2) is 0 Å². The monoisotopic (exact) mass is 450 g/mol. The van der Waals surface area contributed by atoms with Crippen LogP contribution in [0.2, 0.25) is 0 Å². The lowest BCUT2D eigenvalue weighted by Gasteiger charge is -2.01. The van der Waals surface area contributed by atoms with Gasteiger partial charge in [0.1, 0.15) is 17.5 Å². The fourth-order valence-corrected chi connectivity index (χ4v) is 3.50. The van der Waals surface area contributed by atoms with Gasteiger partial charge in [0, 0.05) is 11.1 Å². The highest BCUT2D eigenvalue weighted by Gasteiger charge is 2.03. The molecule has 0 unspecified atom stereocenters. The summed E-state index contributed by atoms with van der Waals surface area (Å²) in [5.74, 6) is 10.2. The van der Waals surface area contributed by atoms with E-state index in [0.29, 0.717) is 11.1 Å². The fourth-order valence-electron chi connectivity index (χ4n) is 3.50. The van der Waals surface area contributed by atoms with Gasteiger partial charge in [0.15, 0.2) is 0 Å². The maximum Gasteiger partial charge on any atom is 0.140 e. The van der Waals surface area contributed by atoms with Gasteiger partial charge in [0.05, 0.1) is 11.1 Å². The molecule has 4 rings (SSSR count). The summed E-state index contributed by atoms with van der Waals surface area (Å²) in [6, 6.07) is 19.4. The predicted molar refractivity (Wildman–Crippen MR) is 132 cm³/mol. The van der Waals surface area contributed by atoms with Crippen molar-refractivity contribution in [2.24, 2.45) is 0 Å². The molecule has 4 aromatic carbocycles. The highest BCUT2D eigenvalue weighted by molar-refractivity contribution is 5.84. The van der Waals surface area contributed by atoms with E-state index in [9.17, 15) is 13.2 Å². The van der Waals surface area contributed by atoms with E-state index >= 15 is 0 Å². The van der Waals surface area contributed by atoms with Crippen molar-refractivity contribution in [3.63, 3.8) is 0 Å². The summed E-state index contributed by atoms with van der Waals surface area (Å²) in [6.07, 6.45) is 5.63. The third-order valence-electron chi connectivity index (χ3n) is 5.32. The fraction of sp³-hybridized carbons (Fsp3) is 0.0968. The van der Waals surface area contributed by atoms with Crippen molar-refractivity contribution in [2.45, 2.75) is 19.8 Å². The second kappa shape index (κ2) is 10.6. The minimum Gasteiger partial charge on any atom is -0.207 e. The van der Waals surface area contributed by atoms with E-state index in [0.717, 1.165) is 29.2 Å². The van der Waals surface area contributed by atoms with E-state index in [1.54, 1.807) is 36.4 Å². The Morgan fingerprint density at radius 3 is 1.97 bits per heavy atom. The molecule has 0 N–H and O–H groups in total. The maximum absolute atomic E-state index is 14.6. The average molecular weight is 451 g/mol. The van der Waals surface area contributed by atoms with Crippen molar-refractivity contribution in [3.05, 3.63) is 130 Å². The van der Waals surface area contributed by atoms with Crippen LogP contribution in [0, 0.1) is 41.1 Å². The van der Waals surface area contributed by atoms with E-state index < -0.39 is 5.82 Å². The normalized spacial score (nSPS) is 10.6. The number of rotatable bonds is 3. The second-order valence-corrected chi connectivity index (χ2v) is 7.82. The van der Waals surface area contributed by atoms with Crippen LogP contribution in [0.3, 0.4) is 0 Å². The summed E-state index contributed by atoms with van der Waals surface area (Å²) < 4.78 is 42.2. The molecule has 0 aromatic heterocycles. The Balaban J connectivity index is 1.50. The van der Waals surface area contributed by atoms with Gasteiger partial charge in [-0.2, -0.15) is 0 Å². The molecule has 4 aromatic rings. The SMILES string of the molecule is C/C=C/CCc1ccc(C#Cc2ccc(C#Cc3ccc4cc(F)ccc4c3)c(F)c2)c(F)c1. The summed E-state index contributed by atoms with van der Waals surface area (Å²) in [4.78, 5) is 0. The first-order chi connectivity index (χ1) is 16.5. The molecule has 0 bridgehead atoms. The van der Waals surface area contributed by atoms with Gasteiger partial charge < -0.3 is 0 Å². The number of aryl methyl sites for hydroxylation is 1. The Bertz CT molecular complexity index is 1500. The molecule has 0 atom stereocenters. The maximum atomic E-state index is 14.6. The average Bonchev–Trinajstić information content (AvgIpc) is 2.83. The number of allylic oxidation sites excluding steroid dienone is 2. The first-order valence-corrected chi connectivity index (χ1v) is 10.9. The molecule has 0 nitrogen and oxygen atoms in total. The van der Waals surface area contributed by atoms with Crippen LogP contribution in [0.1, 0.15) is 41.2 Å². The van der Waals surface area contributed by atoms with Gasteiger partial charge >= 0.3 is 0 Å². The summed E-state index contributed by atoms with van der Waals surface area (Å²) in [6.45, 7) is 1.95. The van der Waals surface area contributed by atoms with Crippen LogP contribution in [-0.2, 0) is 6.42 Å². The highest BCUT2D eigenvalue weighted by atomic mass is 19.1. The minimum absolute atomic E-state index is 0.237. The molecule has 0 aliphatic heterocycles. The van der Waals surface area contributed by atoms with Crippen LogP contribution in [0.15, 0.2) is 84.9 Å². The van der Waals surface area contributed by atoms with Crippen molar-refractivity contribution < 1.29 is 13.2 Å². The molecular weight excluding hydrogens is 429 g/mol. The molecule has 0 amide bonds. The molecule has 0 aliphatic rings. The molecule has 0 spiro atoms. The second-order valence-electron chi connectivity index (χ2n) is 7.82. The van der Waals surface area contributed by atoms with Gasteiger partial charge in [-0.05, 0) is 90.7 Å². The van der Waals surface area contributed by atoms with Crippen molar-refractivity contribution >= 4 is 10.8 Å². The molecule has 3 heteroatoms. The van der Waals surface area contributed by atoms with Crippen molar-refractivity contribution in [2.75, 3.05) is 0 Å². The zero-order chi connectivity index (χ0) is 23.9. The third kappa shape index (κ3) is 5.77. The van der Waals surface area contributed by atoms with Crippen molar-refractivity contribution in [3.8, 4) is 23.7 Å². The van der Waals surface area contributed by atoms with Crippen molar-refractivity contribution in [1.82, 2.24) is 0 Å². The molecule has 0 heterocycles. The predicted octanol–water partition coefficient (Wildman–Crippen LogP) is 7.57. The zero-order valence-electron chi connectivity index (χ0n) is 18.6. The van der Waals surface area contributed by atoms with E-state index in [2.05, 4.69) is 23.7 Å². The number of benzene rings is 4. The number of fused-ring (bicyclic) bond motifs is 1. The van der Waals surface area contributed by atoms with E-state index in [1.807, 2.05) is 31.2 Å². The smallest absolute Gasteiger partial charge is 0.140 e. The van der Waals surface area contributed by atoms with Crippen LogP contribution < -0.4 is 0 Å². The van der Waals surface area contributed by atoms with E-state index in [1.165, 1.54) is 24.3 Å². The number of hydrogen-bond donors (Lipinski definition) is 0. The van der Waals surface area contributed by atoms with Gasteiger partial charge in [0.2, 0.25) is 0 Å². The van der Waals surface area contributed by atoms with Crippen LogP contribution >= 0.6 is 0 Å². The first kappa shape index (κ1) is 23.0. The van der Waals surface area contributed by atoms with E-state index in [4.69, 9.17) is 0 Å². The molecule has 166 valence electrons. The zero-order valence-corrected chi connectivity index (χ0v) is 18.6. The Hall–Kier alpha value is -4.21. The number of halogens is 3. The first-order valence-electron chi connectivity index (χ1n) is 10.9. The van der Waals surface area contributed by atoms with Crippen LogP contribution in [0.4, 0.5) is 13.2 Å². The lowest BCUT2D eigenvalue weighted by atomic mass is 10.1. The van der Waals surface area contributed by atoms with Gasteiger partial charge in [0.25, 0.3) is 0 Å². The molecule has 0 saturated carbocycles. The highest BCUT2D eigenvalue weighted by Crippen LogP contribution is 2.17. The van der Waals surface area contributed by atoms with Gasteiger partial charge in [-0.3, -0.25) is 0 Å². The molecule has 0 radical (unpaired) electrons. The van der Waals surface area contributed by atoms with Crippen LogP contribution in [0.25, 0.3) is 10.8 Å². The topological polar surface area (TPSA) is 0 Å². The summed E-state index contributed by atoms with van der Waals surface area (Å²) in [5, 5.41) is 1.64. The van der Waals surface area contributed by atoms with Gasteiger partial charge in [-0.25, -0.2) is 13.2 Å². The lowest BCUT2D eigenvalue weighted by Crippen LogP contribution is -1.90. The quantitative estimate of drug-likeness (QED) is 0.223. The Morgan fingerprint density at radius 2 is 1.26 bits per heavy atom. The van der Waals surface area contributed by atoms with Crippen LogP contribution in [0.5, 0.6) is 0 Å². The largest absolute Gasteiger partial charge is 0.207 e. The molecule has 34 heavy (non-hydrogen) atoms. The standard InChI is InChI=1S/C31H21F3/c1-2-3-4-5-22-6-11-25(30(33)19-22)13-8-24-9-14-26(31(34)20-24)12-7-23-10-15-28-21-29(32)17-16-27(28)18-23/h2-3,6,9-11,14-21H,4-5H2,1H3/b3-2+. The Labute approximate surface area is 197 Å². The lowest BCUT2D eigenvalue weighted by molar-refractivity contribution is 0.622. The minimum atomic E-state index is -0.498. The van der Waals surface area contributed by atoms with Gasteiger partial charge in [-0.15, -0.1) is 0 Å². The molecule has 0 saturated heterocycles. The molecule has 0 aliphatic carbocycles. The van der Waals surface area contributed by atoms with E-state index in [-0.39, 0.29) is 22.8 Å². The third-order valence-corrected chi connectivity index (χ3v) is 5.32. The molecular formula is C31H21F3. The molecule has 0 fully saturated rings. The summed E-state index contributed by atoms with van der Waals surface area (Å²) >= 11 is 0. The summed E-state index contributed by atoms with van der Waals surface area (Å²) in [5.41, 5.74) is 2.56. The van der Waals surface area contributed by atoms with Gasteiger partial charge in [-0.1, -0.05) is 54.0 Å².